The van der Waals surface area contributed by atoms with Crippen LogP contribution in [0.25, 0.3) is 11.0 Å². The van der Waals surface area contributed by atoms with Crippen LogP contribution in [0.1, 0.15) is 157 Å². The number of H-pyrrole nitrogens is 1. The Hall–Kier alpha value is -6.15. The second-order valence-corrected chi connectivity index (χ2v) is 28.4. The minimum absolute atomic E-state index is 0.0276. The zero-order valence-electron chi connectivity index (χ0n) is 51.4. The normalized spacial score (nSPS) is 26.7. The molecule has 3 aliphatic carbocycles. The van der Waals surface area contributed by atoms with E-state index in [1.165, 1.54) is 0 Å². The third-order valence-corrected chi connectivity index (χ3v) is 21.3. The fraction of sp³-hybridized carbons (Fsp3) is 0.642. The number of halogens is 1. The van der Waals surface area contributed by atoms with Crippen LogP contribution in [0.2, 0.25) is 5.02 Å². The molecule has 1 unspecified atom stereocenters. The number of likely N-dealkylation sites (tertiary alicyclic amines) is 1. The van der Waals surface area contributed by atoms with Crippen molar-refractivity contribution in [3.63, 3.8) is 0 Å². The molecule has 7 aliphatic heterocycles. The number of rotatable bonds is 15. The Morgan fingerprint density at radius 1 is 0.782 bits per heavy atom. The number of benzene rings is 2. The zero-order chi connectivity index (χ0) is 60.1. The third-order valence-electron chi connectivity index (χ3n) is 21.1. The molecule has 10 aliphatic rings. The van der Waals surface area contributed by atoms with E-state index >= 15 is 0 Å². The van der Waals surface area contributed by atoms with Crippen LogP contribution in [-0.2, 0) is 23.9 Å². The molecule has 0 radical (unpaired) electrons. The Labute approximate surface area is 517 Å². The molecule has 20 heteroatoms. The molecular formula is C67H89ClN12O7. The molecule has 2 N–H and O–H groups in total. The first-order chi connectivity index (χ1) is 42.0. The largest absolute Gasteiger partial charge is 0.443 e. The first-order valence-corrected chi connectivity index (χ1v) is 33.2. The highest BCUT2D eigenvalue weighted by Gasteiger charge is 2.65. The number of anilines is 1. The summed E-state index contributed by atoms with van der Waals surface area (Å²) < 4.78 is 12.8. The number of fused-ring (bicyclic) bond motifs is 4. The summed E-state index contributed by atoms with van der Waals surface area (Å²) in [5.41, 5.74) is 1.47. The van der Waals surface area contributed by atoms with Crippen LogP contribution < -0.4 is 10.2 Å². The molecule has 14 rings (SSSR count). The number of nitrogens with zero attached hydrogens (tertiary/aromatic N) is 10. The SMILES string of the molecule is CC(C)(C)OC(=O)N1C(=N[C@@H](CCN2CCN(C(=O)C34CCC(CN5CCN(C(=O)[C@H](NC(=O)c6cccc(C7CCCN(C(=O)C8CC8)C7)c6)C6CCCCC6)CC5)(CC3)OC4)CC2)c2ccc(Cl)cc2)C12CCN(c1ncnc3[nH]ccc13)CC2. The molecule has 2 aromatic heterocycles. The molecule has 2 aromatic carbocycles. The minimum atomic E-state index is -0.668. The van der Waals surface area contributed by atoms with Gasteiger partial charge in [0.1, 0.15) is 40.8 Å². The number of ether oxygens (including phenoxy) is 2. The van der Waals surface area contributed by atoms with Crippen molar-refractivity contribution in [3.05, 3.63) is 88.8 Å². The van der Waals surface area contributed by atoms with E-state index in [9.17, 15) is 24.0 Å². The first-order valence-electron chi connectivity index (χ1n) is 32.8. The van der Waals surface area contributed by atoms with Gasteiger partial charge in [0.15, 0.2) is 0 Å². The predicted molar refractivity (Wildman–Crippen MR) is 334 cm³/mol. The predicted octanol–water partition coefficient (Wildman–Crippen LogP) is 8.84. The number of carbonyl (C=O) groups excluding carboxylic acids is 5. The van der Waals surface area contributed by atoms with Gasteiger partial charge in [0, 0.05) is 120 Å². The molecule has 1 spiro atoms. The summed E-state index contributed by atoms with van der Waals surface area (Å²) in [4.78, 5) is 103. The average Bonchev–Trinajstić information content (AvgIpc) is 1.58. The van der Waals surface area contributed by atoms with E-state index in [1.54, 1.807) is 11.2 Å². The highest BCUT2D eigenvalue weighted by Crippen LogP contribution is 2.51. The van der Waals surface area contributed by atoms with Crippen LogP contribution in [0.5, 0.6) is 0 Å². The molecule has 87 heavy (non-hydrogen) atoms. The lowest BCUT2D eigenvalue weighted by atomic mass is 9.65. The summed E-state index contributed by atoms with van der Waals surface area (Å²) in [5, 5.41) is 4.91. The summed E-state index contributed by atoms with van der Waals surface area (Å²) in [6, 6.07) is 17.0. The van der Waals surface area contributed by atoms with Crippen molar-refractivity contribution in [2.45, 2.75) is 158 Å². The van der Waals surface area contributed by atoms with Gasteiger partial charge in [0.25, 0.3) is 5.91 Å². The number of aromatic nitrogens is 3. The second-order valence-electron chi connectivity index (χ2n) is 27.9. The fourth-order valence-corrected chi connectivity index (χ4v) is 15.8. The van der Waals surface area contributed by atoms with Crippen molar-refractivity contribution in [1.82, 2.24) is 49.7 Å². The van der Waals surface area contributed by atoms with Crippen LogP contribution in [-0.4, -0.2) is 201 Å². The topological polar surface area (TPSA) is 192 Å². The van der Waals surface area contributed by atoms with Crippen LogP contribution in [0.15, 0.2) is 72.1 Å². The van der Waals surface area contributed by atoms with Gasteiger partial charge >= 0.3 is 6.09 Å². The van der Waals surface area contributed by atoms with Crippen molar-refractivity contribution < 1.29 is 33.4 Å². The summed E-state index contributed by atoms with van der Waals surface area (Å²) in [7, 11) is 0. The average molecular weight is 1210 g/mol. The number of aromatic amines is 1. The maximum atomic E-state index is 14.6. The number of aliphatic imine (C=N–C) groups is 1. The lowest BCUT2D eigenvalue weighted by molar-refractivity contribution is -0.203. The van der Waals surface area contributed by atoms with Crippen LogP contribution in [0.4, 0.5) is 10.6 Å². The van der Waals surface area contributed by atoms with Crippen molar-refractivity contribution in [1.29, 1.82) is 0 Å². The lowest BCUT2D eigenvalue weighted by Crippen LogP contribution is -2.63. The van der Waals surface area contributed by atoms with Crippen LogP contribution in [0.3, 0.4) is 0 Å². The number of piperidine rings is 2. The molecule has 5 amide bonds. The van der Waals surface area contributed by atoms with Gasteiger partial charge in [0.05, 0.1) is 29.1 Å². The van der Waals surface area contributed by atoms with E-state index in [0.717, 1.165) is 170 Å². The smallest absolute Gasteiger partial charge is 0.416 e. The Bertz CT molecular complexity index is 3180. The van der Waals surface area contributed by atoms with Crippen molar-refractivity contribution in [2.75, 3.05) is 103 Å². The van der Waals surface area contributed by atoms with Crippen molar-refractivity contribution >= 4 is 64.0 Å². The number of carbonyl (C=O) groups is 5. The number of hydrogen-bond donors (Lipinski definition) is 2. The quantitative estimate of drug-likeness (QED) is 0.108. The fourth-order valence-electron chi connectivity index (χ4n) is 15.7. The Kier molecular flexibility index (Phi) is 17.0. The second kappa shape index (κ2) is 24.7. The van der Waals surface area contributed by atoms with E-state index in [4.69, 9.17) is 26.1 Å². The van der Waals surface area contributed by atoms with E-state index < -0.39 is 22.6 Å². The Morgan fingerprint density at radius 2 is 1.51 bits per heavy atom. The highest BCUT2D eigenvalue weighted by molar-refractivity contribution is 6.30. The molecule has 9 heterocycles. The van der Waals surface area contributed by atoms with Gasteiger partial charge in [-0.05, 0) is 152 Å². The third kappa shape index (κ3) is 12.7. The number of amides is 5. The highest BCUT2D eigenvalue weighted by atomic mass is 35.5. The van der Waals surface area contributed by atoms with Gasteiger partial charge in [-0.3, -0.25) is 34.0 Å². The van der Waals surface area contributed by atoms with Gasteiger partial charge in [-0.2, -0.15) is 0 Å². The Balaban J connectivity index is 0.591. The molecule has 2 bridgehead atoms. The van der Waals surface area contributed by atoms with Gasteiger partial charge in [-0.25, -0.2) is 19.7 Å². The molecule has 10 fully saturated rings. The summed E-state index contributed by atoms with van der Waals surface area (Å²) in [6.07, 6.45) is 17.6. The first kappa shape index (κ1) is 59.8. The maximum absolute atomic E-state index is 14.6. The minimum Gasteiger partial charge on any atom is -0.443 e. The standard InChI is InChI=1S/C67H89ClN12O7/c1-64(2,3)87-63(85)80-61(67(80)26-31-76(32-27-67)57-53-20-28-69-56(53)70-45-71-57)72-54(46-16-18-52(68)19-17-46)21-30-74-33-39-78(40-34-74)62(84)65-22-24-66(25-23-65,86-44-65)43-75-35-37-77(38-36-75)60(83)55(47-9-5-4-6-10-47)73-58(81)50-12-7-11-49(41-50)51-13-8-29-79(42-51)59(82)48-14-15-48/h7,11-12,16-20,28,41,45,47-48,51,54-55H,4-6,8-10,13-15,21-27,29-40,42-44H2,1-3H3,(H,73,81)(H,69,70,71)/t51?,54-,55+,65?,66?,80?/m0/s1. The van der Waals surface area contributed by atoms with Gasteiger partial charge in [0.2, 0.25) is 17.7 Å². The van der Waals surface area contributed by atoms with Crippen molar-refractivity contribution in [2.24, 2.45) is 22.2 Å². The molecule has 7 saturated heterocycles. The molecular weight excluding hydrogens is 1120 g/mol. The van der Waals surface area contributed by atoms with Gasteiger partial charge in [-0.15, -0.1) is 0 Å². The molecule has 3 atom stereocenters. The number of nitrogens with one attached hydrogen (secondary N) is 2. The summed E-state index contributed by atoms with van der Waals surface area (Å²) in [5.74, 6) is 2.50. The Morgan fingerprint density at radius 3 is 2.21 bits per heavy atom. The van der Waals surface area contributed by atoms with E-state index in [0.29, 0.717) is 75.8 Å². The molecule has 4 aromatic rings. The lowest BCUT2D eigenvalue weighted by Gasteiger charge is -2.55. The van der Waals surface area contributed by atoms with E-state index in [-0.39, 0.29) is 59.1 Å². The zero-order valence-corrected chi connectivity index (χ0v) is 52.1. The van der Waals surface area contributed by atoms with Crippen molar-refractivity contribution in [3.8, 4) is 0 Å². The monoisotopic (exact) mass is 1210 g/mol. The number of amidine groups is 1. The number of hydrogen-bond acceptors (Lipinski definition) is 13. The summed E-state index contributed by atoms with van der Waals surface area (Å²) in [6.45, 7) is 16.1. The molecule has 19 nitrogen and oxygen atoms in total. The van der Waals surface area contributed by atoms with Gasteiger partial charge < -0.3 is 39.4 Å². The maximum Gasteiger partial charge on any atom is 0.416 e. The van der Waals surface area contributed by atoms with E-state index in [2.05, 4.69) is 45.9 Å². The van der Waals surface area contributed by atoms with E-state index in [1.807, 2.05) is 85.3 Å². The van der Waals surface area contributed by atoms with Crippen LogP contribution in [0, 0.1) is 17.3 Å². The summed E-state index contributed by atoms with van der Waals surface area (Å²) >= 11 is 6.43. The van der Waals surface area contributed by atoms with Crippen LogP contribution >= 0.6 is 11.6 Å². The molecule has 3 saturated carbocycles. The number of piperazine rings is 2. The van der Waals surface area contributed by atoms with Gasteiger partial charge in [-0.1, -0.05) is 55.1 Å². The molecule has 466 valence electrons.